The molecule has 0 saturated heterocycles. The predicted molar refractivity (Wildman–Crippen MR) is 61.0 cm³/mol. The van der Waals surface area contributed by atoms with Crippen molar-refractivity contribution in [1.82, 2.24) is 14.9 Å². The van der Waals surface area contributed by atoms with Gasteiger partial charge in [0.25, 0.3) is 0 Å². The van der Waals surface area contributed by atoms with Gasteiger partial charge in [0.1, 0.15) is 4.60 Å². The fourth-order valence-electron chi connectivity index (χ4n) is 1.64. The van der Waals surface area contributed by atoms with E-state index in [1.54, 1.807) is 6.33 Å². The van der Waals surface area contributed by atoms with Gasteiger partial charge < -0.3 is 10.7 Å². The van der Waals surface area contributed by atoms with E-state index < -0.39 is 0 Å². The van der Waals surface area contributed by atoms with Crippen LogP contribution in [0.4, 0.5) is 0 Å². The second-order valence-corrected chi connectivity index (χ2v) is 3.83. The second kappa shape index (κ2) is 5.48. The van der Waals surface area contributed by atoms with Gasteiger partial charge in [-0.25, -0.2) is 4.98 Å². The minimum absolute atomic E-state index is 0.224. The molecule has 0 saturated carbocycles. The van der Waals surface area contributed by atoms with Gasteiger partial charge in [0.15, 0.2) is 0 Å². The number of likely N-dealkylation sites (N-methyl/N-ethyl adjacent to an activating group) is 1. The van der Waals surface area contributed by atoms with E-state index in [4.69, 9.17) is 5.73 Å². The maximum atomic E-state index is 5.77. The molecule has 1 aromatic rings. The number of nitrogens with two attached hydrogens (primary N) is 1. The first-order valence-electron chi connectivity index (χ1n) is 4.87. The molecule has 3 N–H and O–H groups in total. The molecular formula is C9H17BrN4. The van der Waals surface area contributed by atoms with Gasteiger partial charge in [-0.05, 0) is 29.0 Å². The van der Waals surface area contributed by atoms with E-state index in [9.17, 15) is 0 Å². The number of nitrogens with zero attached hydrogens (tertiary/aromatic N) is 2. The highest BCUT2D eigenvalue weighted by Gasteiger charge is 2.20. The van der Waals surface area contributed by atoms with Gasteiger partial charge in [-0.3, -0.25) is 4.90 Å². The van der Waals surface area contributed by atoms with Crippen molar-refractivity contribution in [3.8, 4) is 0 Å². The highest BCUT2D eigenvalue weighted by molar-refractivity contribution is 9.10. The molecule has 5 heteroatoms. The Bertz CT molecular complexity index is 270. The number of aromatic nitrogens is 2. The largest absolute Gasteiger partial charge is 0.346 e. The van der Waals surface area contributed by atoms with Crippen LogP contribution in [0.5, 0.6) is 0 Å². The smallest absolute Gasteiger partial charge is 0.128 e. The van der Waals surface area contributed by atoms with E-state index in [0.717, 1.165) is 23.4 Å². The van der Waals surface area contributed by atoms with Gasteiger partial charge in [0.05, 0.1) is 18.1 Å². The van der Waals surface area contributed by atoms with Crippen LogP contribution in [-0.2, 0) is 0 Å². The molecule has 0 aliphatic carbocycles. The summed E-state index contributed by atoms with van der Waals surface area (Å²) in [5, 5.41) is 0. The first-order chi connectivity index (χ1) is 6.74. The lowest BCUT2D eigenvalue weighted by atomic mass is 10.2. The molecule has 4 nitrogen and oxygen atoms in total. The third kappa shape index (κ3) is 2.34. The summed E-state index contributed by atoms with van der Waals surface area (Å²) in [5.74, 6) is 0. The molecular weight excluding hydrogens is 244 g/mol. The fourth-order valence-corrected chi connectivity index (χ4v) is 2.12. The number of aromatic amines is 1. The summed E-state index contributed by atoms with van der Waals surface area (Å²) in [6, 6.07) is 0.224. The third-order valence-electron chi connectivity index (χ3n) is 2.43. The fraction of sp³-hybridized carbons (Fsp3) is 0.667. The average molecular weight is 261 g/mol. The molecule has 0 spiro atoms. The summed E-state index contributed by atoms with van der Waals surface area (Å²) in [5.41, 5.74) is 6.84. The number of hydrogen-bond donors (Lipinski definition) is 2. The van der Waals surface area contributed by atoms with Crippen LogP contribution in [0.2, 0.25) is 0 Å². The zero-order chi connectivity index (χ0) is 10.6. The Morgan fingerprint density at radius 3 is 2.57 bits per heavy atom. The van der Waals surface area contributed by atoms with Gasteiger partial charge in [0.2, 0.25) is 0 Å². The summed E-state index contributed by atoms with van der Waals surface area (Å²) in [4.78, 5) is 9.55. The second-order valence-electron chi connectivity index (χ2n) is 3.08. The molecule has 1 heterocycles. The standard InChI is InChI=1S/C9H17BrN4/c1-3-14(4-2)7(5-11)8-9(10)13-6-12-8/h6-7H,3-5,11H2,1-2H3,(H,12,13). The number of nitrogens with one attached hydrogen (secondary N) is 1. The summed E-state index contributed by atoms with van der Waals surface area (Å²) < 4.78 is 0.861. The Kier molecular flexibility index (Phi) is 4.57. The van der Waals surface area contributed by atoms with Crippen LogP contribution in [0.15, 0.2) is 10.9 Å². The Labute approximate surface area is 93.0 Å². The van der Waals surface area contributed by atoms with Crippen molar-refractivity contribution in [3.05, 3.63) is 16.6 Å². The van der Waals surface area contributed by atoms with Crippen LogP contribution in [0.1, 0.15) is 25.6 Å². The minimum Gasteiger partial charge on any atom is -0.346 e. The molecule has 1 rings (SSSR count). The summed E-state index contributed by atoms with van der Waals surface area (Å²) in [7, 11) is 0. The highest BCUT2D eigenvalue weighted by atomic mass is 79.9. The van der Waals surface area contributed by atoms with Crippen molar-refractivity contribution in [2.45, 2.75) is 19.9 Å². The number of rotatable bonds is 5. The molecule has 0 bridgehead atoms. The van der Waals surface area contributed by atoms with Crippen molar-refractivity contribution in [2.75, 3.05) is 19.6 Å². The number of hydrogen-bond acceptors (Lipinski definition) is 3. The average Bonchev–Trinajstić information content (AvgIpc) is 2.61. The van der Waals surface area contributed by atoms with Crippen molar-refractivity contribution >= 4 is 15.9 Å². The summed E-state index contributed by atoms with van der Waals surface area (Å²) in [6.07, 6.45) is 1.69. The Morgan fingerprint density at radius 2 is 2.21 bits per heavy atom. The zero-order valence-corrected chi connectivity index (χ0v) is 10.2. The Balaban J connectivity index is 2.86. The van der Waals surface area contributed by atoms with Crippen molar-refractivity contribution in [1.29, 1.82) is 0 Å². The predicted octanol–water partition coefficient (Wildman–Crippen LogP) is 1.51. The van der Waals surface area contributed by atoms with E-state index in [-0.39, 0.29) is 6.04 Å². The number of imidazole rings is 1. The molecule has 0 amide bonds. The molecule has 0 fully saturated rings. The molecule has 0 aliphatic heterocycles. The van der Waals surface area contributed by atoms with E-state index in [2.05, 4.69) is 44.6 Å². The Hall–Kier alpha value is -0.390. The maximum Gasteiger partial charge on any atom is 0.128 e. The number of halogens is 1. The van der Waals surface area contributed by atoms with Crippen molar-refractivity contribution < 1.29 is 0 Å². The molecule has 1 unspecified atom stereocenters. The minimum atomic E-state index is 0.224. The molecule has 0 aromatic carbocycles. The van der Waals surface area contributed by atoms with Gasteiger partial charge in [0, 0.05) is 6.54 Å². The van der Waals surface area contributed by atoms with Crippen molar-refractivity contribution in [2.24, 2.45) is 5.73 Å². The van der Waals surface area contributed by atoms with Gasteiger partial charge >= 0.3 is 0 Å². The van der Waals surface area contributed by atoms with Crippen LogP contribution in [0.3, 0.4) is 0 Å². The zero-order valence-electron chi connectivity index (χ0n) is 8.63. The molecule has 1 atom stereocenters. The monoisotopic (exact) mass is 260 g/mol. The summed E-state index contributed by atoms with van der Waals surface area (Å²) in [6.45, 7) is 6.85. The quantitative estimate of drug-likeness (QED) is 0.844. The van der Waals surface area contributed by atoms with Crippen LogP contribution < -0.4 is 5.73 Å². The van der Waals surface area contributed by atoms with E-state index in [0.29, 0.717) is 6.54 Å². The first-order valence-corrected chi connectivity index (χ1v) is 5.66. The van der Waals surface area contributed by atoms with E-state index >= 15 is 0 Å². The topological polar surface area (TPSA) is 57.9 Å². The lowest BCUT2D eigenvalue weighted by molar-refractivity contribution is 0.220. The van der Waals surface area contributed by atoms with Crippen LogP contribution in [-0.4, -0.2) is 34.5 Å². The van der Waals surface area contributed by atoms with Crippen LogP contribution in [0, 0.1) is 0 Å². The molecule has 14 heavy (non-hydrogen) atoms. The van der Waals surface area contributed by atoms with E-state index in [1.807, 2.05) is 0 Å². The molecule has 1 aromatic heterocycles. The normalized spacial score (nSPS) is 13.5. The van der Waals surface area contributed by atoms with Gasteiger partial charge in [-0.15, -0.1) is 0 Å². The van der Waals surface area contributed by atoms with Crippen LogP contribution in [0.25, 0.3) is 0 Å². The molecule has 0 radical (unpaired) electrons. The lowest BCUT2D eigenvalue weighted by Crippen LogP contribution is -2.33. The first kappa shape index (κ1) is 11.7. The SMILES string of the molecule is CCN(CC)C(CN)c1[nH]cnc1Br. The summed E-state index contributed by atoms with van der Waals surface area (Å²) >= 11 is 3.41. The number of H-pyrrole nitrogens is 1. The van der Waals surface area contributed by atoms with Crippen LogP contribution >= 0.6 is 15.9 Å². The third-order valence-corrected chi connectivity index (χ3v) is 3.06. The van der Waals surface area contributed by atoms with Gasteiger partial charge in [-0.2, -0.15) is 0 Å². The van der Waals surface area contributed by atoms with E-state index in [1.165, 1.54) is 0 Å². The molecule has 0 aliphatic rings. The lowest BCUT2D eigenvalue weighted by Gasteiger charge is -2.27. The highest BCUT2D eigenvalue weighted by Crippen LogP contribution is 2.23. The van der Waals surface area contributed by atoms with Gasteiger partial charge in [-0.1, -0.05) is 13.8 Å². The molecule has 80 valence electrons. The Morgan fingerprint density at radius 1 is 1.57 bits per heavy atom. The maximum absolute atomic E-state index is 5.77. The van der Waals surface area contributed by atoms with Crippen molar-refractivity contribution in [3.63, 3.8) is 0 Å².